The Bertz CT molecular complexity index is 99.4. The molecule has 0 aromatic rings. The molecule has 0 amide bonds. The lowest BCUT2D eigenvalue weighted by atomic mass is 10.2. The van der Waals surface area contributed by atoms with Crippen LogP contribution in [0.5, 0.6) is 0 Å². The van der Waals surface area contributed by atoms with E-state index in [0.29, 0.717) is 0 Å². The zero-order valence-corrected chi connectivity index (χ0v) is 6.72. The molecule has 1 radical (unpaired) electrons. The van der Waals surface area contributed by atoms with E-state index in [9.17, 15) is 4.79 Å². The maximum atomic E-state index is 10.4. The van der Waals surface area contributed by atoms with Gasteiger partial charge in [-0.25, -0.2) is 0 Å². The largest absolute Gasteiger partial charge is 0.463 e. The van der Waals surface area contributed by atoms with E-state index in [1.807, 2.05) is 6.92 Å². The second-order valence-corrected chi connectivity index (χ2v) is 2.42. The van der Waals surface area contributed by atoms with E-state index in [4.69, 9.17) is 4.74 Å². The van der Waals surface area contributed by atoms with Gasteiger partial charge >= 0.3 is 5.97 Å². The highest BCUT2D eigenvalue weighted by molar-refractivity contribution is 5.66. The van der Waals surface area contributed by atoms with Crippen LogP contribution in [0, 0.1) is 6.92 Å². The van der Waals surface area contributed by atoms with Crippen LogP contribution in [0.25, 0.3) is 0 Å². The minimum absolute atomic E-state index is 0.0549. The molecule has 0 aromatic heterocycles. The highest BCUT2D eigenvalue weighted by Gasteiger charge is 2.02. The molecule has 2 nitrogen and oxygen atoms in total. The van der Waals surface area contributed by atoms with Crippen molar-refractivity contribution in [1.82, 2.24) is 0 Å². The Morgan fingerprint density at radius 3 is 2.70 bits per heavy atom. The molecule has 0 aliphatic rings. The topological polar surface area (TPSA) is 26.3 Å². The van der Waals surface area contributed by atoms with E-state index >= 15 is 0 Å². The fourth-order valence-electron chi connectivity index (χ4n) is 0.774. The Morgan fingerprint density at radius 1 is 1.70 bits per heavy atom. The number of esters is 1. The number of carbonyl (C=O) groups excluding carboxylic acids is 1. The Hall–Kier alpha value is -0.530. The van der Waals surface area contributed by atoms with Gasteiger partial charge in [0.2, 0.25) is 0 Å². The van der Waals surface area contributed by atoms with Crippen LogP contribution in [0.3, 0.4) is 0 Å². The van der Waals surface area contributed by atoms with Gasteiger partial charge in [-0.1, -0.05) is 13.3 Å². The maximum absolute atomic E-state index is 10.4. The second kappa shape index (κ2) is 5.27. The van der Waals surface area contributed by atoms with Gasteiger partial charge in [-0.15, -0.1) is 0 Å². The standard InChI is InChI=1S/C8H15O2/c1-4-5-6-7(2)10-8(3)9/h7H,1,4-6H2,2-3H3. The molecule has 1 unspecified atom stereocenters. The predicted molar refractivity (Wildman–Crippen MR) is 40.4 cm³/mol. The molecular weight excluding hydrogens is 128 g/mol. The Morgan fingerprint density at radius 2 is 2.30 bits per heavy atom. The van der Waals surface area contributed by atoms with Crippen LogP contribution in [0.1, 0.15) is 33.1 Å². The monoisotopic (exact) mass is 143 g/mol. The first-order valence-electron chi connectivity index (χ1n) is 3.63. The second-order valence-electron chi connectivity index (χ2n) is 2.42. The normalized spacial score (nSPS) is 12.7. The minimum atomic E-state index is -0.198. The van der Waals surface area contributed by atoms with Crippen molar-refractivity contribution in [2.24, 2.45) is 0 Å². The molecule has 10 heavy (non-hydrogen) atoms. The lowest BCUT2D eigenvalue weighted by Crippen LogP contribution is -2.11. The first-order valence-corrected chi connectivity index (χ1v) is 3.63. The minimum Gasteiger partial charge on any atom is -0.463 e. The van der Waals surface area contributed by atoms with Gasteiger partial charge in [0.25, 0.3) is 0 Å². The lowest BCUT2D eigenvalue weighted by molar-refractivity contribution is -0.145. The average molecular weight is 143 g/mol. The van der Waals surface area contributed by atoms with Gasteiger partial charge in [-0.3, -0.25) is 4.79 Å². The highest BCUT2D eigenvalue weighted by atomic mass is 16.5. The van der Waals surface area contributed by atoms with E-state index in [-0.39, 0.29) is 12.1 Å². The molecular formula is C8H15O2. The van der Waals surface area contributed by atoms with Gasteiger partial charge in [-0.2, -0.15) is 0 Å². The van der Waals surface area contributed by atoms with E-state index in [2.05, 4.69) is 6.92 Å². The third kappa shape index (κ3) is 5.60. The van der Waals surface area contributed by atoms with Crippen molar-refractivity contribution in [3.05, 3.63) is 6.92 Å². The van der Waals surface area contributed by atoms with Crippen LogP contribution < -0.4 is 0 Å². The molecule has 0 aliphatic heterocycles. The van der Waals surface area contributed by atoms with Crippen molar-refractivity contribution >= 4 is 5.97 Å². The van der Waals surface area contributed by atoms with Gasteiger partial charge in [0.05, 0.1) is 6.10 Å². The number of carbonyl (C=O) groups is 1. The van der Waals surface area contributed by atoms with Crippen molar-refractivity contribution < 1.29 is 9.53 Å². The van der Waals surface area contributed by atoms with Gasteiger partial charge in [0.1, 0.15) is 0 Å². The van der Waals surface area contributed by atoms with Crippen molar-refractivity contribution in [3.8, 4) is 0 Å². The number of hydrogen-bond acceptors (Lipinski definition) is 2. The van der Waals surface area contributed by atoms with Crippen LogP contribution in [-0.2, 0) is 9.53 Å². The quantitative estimate of drug-likeness (QED) is 0.562. The third-order valence-corrected chi connectivity index (χ3v) is 1.23. The Balaban J connectivity index is 3.25. The van der Waals surface area contributed by atoms with Gasteiger partial charge in [-0.05, 0) is 19.8 Å². The van der Waals surface area contributed by atoms with Crippen molar-refractivity contribution in [3.63, 3.8) is 0 Å². The summed E-state index contributed by atoms with van der Waals surface area (Å²) in [5.74, 6) is -0.198. The maximum Gasteiger partial charge on any atom is 0.302 e. The smallest absolute Gasteiger partial charge is 0.302 e. The van der Waals surface area contributed by atoms with Gasteiger partial charge in [0.15, 0.2) is 0 Å². The Labute approximate surface area is 62.6 Å². The summed E-state index contributed by atoms with van der Waals surface area (Å²) in [6.07, 6.45) is 2.91. The van der Waals surface area contributed by atoms with Crippen molar-refractivity contribution in [2.75, 3.05) is 0 Å². The summed E-state index contributed by atoms with van der Waals surface area (Å²) in [6, 6.07) is 0. The summed E-state index contributed by atoms with van der Waals surface area (Å²) in [4.78, 5) is 10.4. The zero-order chi connectivity index (χ0) is 7.98. The van der Waals surface area contributed by atoms with Crippen molar-refractivity contribution in [2.45, 2.75) is 39.2 Å². The fourth-order valence-corrected chi connectivity index (χ4v) is 0.774. The summed E-state index contributed by atoms with van der Waals surface area (Å²) < 4.78 is 4.89. The molecule has 0 aliphatic carbocycles. The van der Waals surface area contributed by atoms with Crippen LogP contribution in [-0.4, -0.2) is 12.1 Å². The zero-order valence-electron chi connectivity index (χ0n) is 6.72. The fraction of sp³-hybridized carbons (Fsp3) is 0.750. The molecule has 0 N–H and O–H groups in total. The predicted octanol–water partition coefficient (Wildman–Crippen LogP) is 1.94. The number of unbranched alkanes of at least 4 members (excludes halogenated alkanes) is 1. The average Bonchev–Trinajstić information content (AvgIpc) is 1.82. The number of hydrogen-bond donors (Lipinski definition) is 0. The first-order chi connectivity index (χ1) is 4.66. The lowest BCUT2D eigenvalue weighted by Gasteiger charge is -2.09. The molecule has 0 heterocycles. The van der Waals surface area contributed by atoms with Crippen LogP contribution >= 0.6 is 0 Å². The molecule has 0 fully saturated rings. The third-order valence-electron chi connectivity index (χ3n) is 1.23. The summed E-state index contributed by atoms with van der Waals surface area (Å²) >= 11 is 0. The first kappa shape index (κ1) is 9.47. The number of ether oxygens (including phenoxy) is 1. The van der Waals surface area contributed by atoms with E-state index in [1.165, 1.54) is 6.92 Å². The molecule has 2 heteroatoms. The molecule has 0 saturated carbocycles. The SMILES string of the molecule is [CH2]CCCC(C)OC(C)=O. The Kier molecular flexibility index (Phi) is 4.99. The molecule has 0 aromatic carbocycles. The van der Waals surface area contributed by atoms with Crippen LogP contribution in [0.4, 0.5) is 0 Å². The summed E-state index contributed by atoms with van der Waals surface area (Å²) in [5.41, 5.74) is 0. The van der Waals surface area contributed by atoms with E-state index < -0.39 is 0 Å². The molecule has 0 rings (SSSR count). The van der Waals surface area contributed by atoms with Crippen molar-refractivity contribution in [1.29, 1.82) is 0 Å². The molecule has 0 saturated heterocycles. The number of rotatable bonds is 4. The molecule has 1 atom stereocenters. The highest BCUT2D eigenvalue weighted by Crippen LogP contribution is 2.03. The summed E-state index contributed by atoms with van der Waals surface area (Å²) in [7, 11) is 0. The van der Waals surface area contributed by atoms with Crippen LogP contribution in [0.2, 0.25) is 0 Å². The summed E-state index contributed by atoms with van der Waals surface area (Å²) in [6.45, 7) is 7.03. The van der Waals surface area contributed by atoms with Gasteiger partial charge in [0, 0.05) is 6.92 Å². The van der Waals surface area contributed by atoms with E-state index in [1.54, 1.807) is 0 Å². The van der Waals surface area contributed by atoms with Crippen LogP contribution in [0.15, 0.2) is 0 Å². The molecule has 0 bridgehead atoms. The van der Waals surface area contributed by atoms with E-state index in [0.717, 1.165) is 19.3 Å². The van der Waals surface area contributed by atoms with Gasteiger partial charge < -0.3 is 4.74 Å². The summed E-state index contributed by atoms with van der Waals surface area (Å²) in [5, 5.41) is 0. The molecule has 0 spiro atoms. The molecule has 59 valence electrons.